The summed E-state index contributed by atoms with van der Waals surface area (Å²) in [7, 11) is 0. The summed E-state index contributed by atoms with van der Waals surface area (Å²) in [5, 5.41) is 12.3. The molecule has 0 radical (unpaired) electrons. The molecule has 166 valence electrons. The smallest absolute Gasteiger partial charge is 0.337 e. The Morgan fingerprint density at radius 3 is 2.32 bits per heavy atom. The minimum Gasteiger partial charge on any atom is -0.478 e. The SMILES string of the molecule is CC(C)CC(C)N1CCN(c2ccc(NC(=O)c3ccccc3F)cc2C(=O)O)CC1. The van der Waals surface area contributed by atoms with Crippen LogP contribution in [0.25, 0.3) is 0 Å². The molecule has 1 atom stereocenters. The zero-order valence-corrected chi connectivity index (χ0v) is 18.3. The fourth-order valence-electron chi connectivity index (χ4n) is 4.14. The molecule has 2 N–H and O–H groups in total. The first-order valence-electron chi connectivity index (χ1n) is 10.7. The normalized spacial score (nSPS) is 15.7. The summed E-state index contributed by atoms with van der Waals surface area (Å²) in [5.74, 6) is -1.67. The number of nitrogens with zero attached hydrogens (tertiary/aromatic N) is 2. The molecule has 1 aliphatic rings. The first kappa shape index (κ1) is 22.7. The highest BCUT2D eigenvalue weighted by Gasteiger charge is 2.25. The van der Waals surface area contributed by atoms with Crippen LogP contribution in [0.4, 0.5) is 15.8 Å². The van der Waals surface area contributed by atoms with Crippen molar-refractivity contribution in [1.29, 1.82) is 0 Å². The maximum Gasteiger partial charge on any atom is 0.337 e. The Bertz CT molecular complexity index is 939. The highest BCUT2D eigenvalue weighted by atomic mass is 19.1. The van der Waals surface area contributed by atoms with Gasteiger partial charge in [-0.1, -0.05) is 26.0 Å². The van der Waals surface area contributed by atoms with Crippen LogP contribution in [-0.4, -0.2) is 54.1 Å². The standard InChI is InChI=1S/C24H30FN3O3/c1-16(2)14-17(3)27-10-12-28(13-11-27)22-9-8-18(15-20(22)24(30)31)26-23(29)19-6-4-5-7-21(19)25/h4-9,15-17H,10-14H2,1-3H3,(H,26,29)(H,30,31). The second kappa shape index (κ2) is 9.92. The molecule has 2 aromatic rings. The number of carbonyl (C=O) groups is 2. The van der Waals surface area contributed by atoms with E-state index in [1.54, 1.807) is 18.2 Å². The van der Waals surface area contributed by atoms with Gasteiger partial charge < -0.3 is 15.3 Å². The fourth-order valence-corrected chi connectivity index (χ4v) is 4.14. The van der Waals surface area contributed by atoms with Gasteiger partial charge in [-0.2, -0.15) is 0 Å². The number of anilines is 2. The number of carboxylic acid groups (broad SMARTS) is 1. The number of hydrogen-bond acceptors (Lipinski definition) is 4. The third kappa shape index (κ3) is 5.61. The Hall–Kier alpha value is -2.93. The van der Waals surface area contributed by atoms with Gasteiger partial charge in [-0.15, -0.1) is 0 Å². The largest absolute Gasteiger partial charge is 0.478 e. The number of aromatic carboxylic acids is 1. The molecular weight excluding hydrogens is 397 g/mol. The molecule has 0 aromatic heterocycles. The molecule has 0 aliphatic carbocycles. The minimum atomic E-state index is -1.06. The second-order valence-electron chi connectivity index (χ2n) is 8.47. The van der Waals surface area contributed by atoms with E-state index in [0.717, 1.165) is 32.6 Å². The molecule has 3 rings (SSSR count). The maximum atomic E-state index is 13.8. The molecule has 1 saturated heterocycles. The van der Waals surface area contributed by atoms with Gasteiger partial charge in [-0.25, -0.2) is 9.18 Å². The number of benzene rings is 2. The highest BCUT2D eigenvalue weighted by molar-refractivity contribution is 6.05. The summed E-state index contributed by atoms with van der Waals surface area (Å²) in [4.78, 5) is 28.8. The predicted octanol–water partition coefficient (Wildman–Crippen LogP) is 4.33. The van der Waals surface area contributed by atoms with Gasteiger partial charge in [0, 0.05) is 37.9 Å². The summed E-state index contributed by atoms with van der Waals surface area (Å²) < 4.78 is 13.8. The van der Waals surface area contributed by atoms with Crippen molar-refractivity contribution in [3.8, 4) is 0 Å². The Morgan fingerprint density at radius 1 is 1.03 bits per heavy atom. The van der Waals surface area contributed by atoms with Gasteiger partial charge in [0.25, 0.3) is 5.91 Å². The van der Waals surface area contributed by atoms with E-state index < -0.39 is 17.7 Å². The number of rotatable bonds is 7. The molecule has 0 spiro atoms. The minimum absolute atomic E-state index is 0.0879. The first-order valence-corrected chi connectivity index (χ1v) is 10.7. The van der Waals surface area contributed by atoms with Crippen LogP contribution in [0.15, 0.2) is 42.5 Å². The van der Waals surface area contributed by atoms with E-state index in [1.807, 2.05) is 0 Å². The Morgan fingerprint density at radius 2 is 1.71 bits per heavy atom. The van der Waals surface area contributed by atoms with E-state index in [1.165, 1.54) is 24.3 Å². The number of halogens is 1. The van der Waals surface area contributed by atoms with E-state index in [9.17, 15) is 19.1 Å². The van der Waals surface area contributed by atoms with Gasteiger partial charge in [0.2, 0.25) is 0 Å². The maximum absolute atomic E-state index is 13.8. The van der Waals surface area contributed by atoms with Crippen molar-refractivity contribution < 1.29 is 19.1 Å². The lowest BCUT2D eigenvalue weighted by atomic mass is 10.0. The van der Waals surface area contributed by atoms with Gasteiger partial charge in [0.05, 0.1) is 16.8 Å². The summed E-state index contributed by atoms with van der Waals surface area (Å²) >= 11 is 0. The van der Waals surface area contributed by atoms with Crippen molar-refractivity contribution in [2.75, 3.05) is 36.4 Å². The highest BCUT2D eigenvalue weighted by Crippen LogP contribution is 2.27. The lowest BCUT2D eigenvalue weighted by Crippen LogP contribution is -2.50. The van der Waals surface area contributed by atoms with Gasteiger partial charge in [0.15, 0.2) is 0 Å². The molecule has 7 heteroatoms. The quantitative estimate of drug-likeness (QED) is 0.688. The van der Waals surface area contributed by atoms with Gasteiger partial charge in [-0.3, -0.25) is 9.69 Å². The van der Waals surface area contributed by atoms with Gasteiger partial charge >= 0.3 is 5.97 Å². The summed E-state index contributed by atoms with van der Waals surface area (Å²) in [6.45, 7) is 9.91. The summed E-state index contributed by atoms with van der Waals surface area (Å²) in [6, 6.07) is 11.0. The molecule has 0 saturated carbocycles. The van der Waals surface area contributed by atoms with Crippen molar-refractivity contribution in [3.05, 3.63) is 59.4 Å². The number of nitrogens with one attached hydrogen (secondary N) is 1. The van der Waals surface area contributed by atoms with Crippen LogP contribution in [0.5, 0.6) is 0 Å². The van der Waals surface area contributed by atoms with Crippen LogP contribution in [0.1, 0.15) is 47.9 Å². The molecule has 31 heavy (non-hydrogen) atoms. The average molecular weight is 428 g/mol. The molecule has 0 bridgehead atoms. The van der Waals surface area contributed by atoms with E-state index in [2.05, 4.69) is 35.9 Å². The van der Waals surface area contributed by atoms with Crippen molar-refractivity contribution >= 4 is 23.3 Å². The summed E-state index contributed by atoms with van der Waals surface area (Å²) in [5.41, 5.74) is 0.983. The third-order valence-corrected chi connectivity index (χ3v) is 5.69. The Kier molecular flexibility index (Phi) is 7.28. The Labute approximate surface area is 182 Å². The first-order chi connectivity index (χ1) is 14.8. The van der Waals surface area contributed by atoms with Gasteiger partial charge in [0.1, 0.15) is 5.82 Å². The van der Waals surface area contributed by atoms with Crippen LogP contribution in [0.2, 0.25) is 0 Å². The molecule has 1 heterocycles. The van der Waals surface area contributed by atoms with E-state index in [4.69, 9.17) is 0 Å². The van der Waals surface area contributed by atoms with Crippen LogP contribution >= 0.6 is 0 Å². The third-order valence-electron chi connectivity index (χ3n) is 5.69. The molecule has 2 aromatic carbocycles. The van der Waals surface area contributed by atoms with Crippen LogP contribution < -0.4 is 10.2 Å². The molecule has 1 aliphatic heterocycles. The number of carbonyl (C=O) groups excluding carboxylic acids is 1. The number of amides is 1. The predicted molar refractivity (Wildman–Crippen MR) is 120 cm³/mol. The Balaban J connectivity index is 1.72. The summed E-state index contributed by atoms with van der Waals surface area (Å²) in [6.07, 6.45) is 1.14. The van der Waals surface area contributed by atoms with Crippen LogP contribution in [0.3, 0.4) is 0 Å². The van der Waals surface area contributed by atoms with E-state index >= 15 is 0 Å². The van der Waals surface area contributed by atoms with Crippen molar-refractivity contribution in [1.82, 2.24) is 4.90 Å². The fraction of sp³-hybridized carbons (Fsp3) is 0.417. The lowest BCUT2D eigenvalue weighted by Gasteiger charge is -2.40. The van der Waals surface area contributed by atoms with Crippen LogP contribution in [0, 0.1) is 11.7 Å². The number of hydrogen-bond donors (Lipinski definition) is 2. The molecule has 1 amide bonds. The second-order valence-corrected chi connectivity index (χ2v) is 8.47. The number of piperazine rings is 1. The van der Waals surface area contributed by atoms with Crippen molar-refractivity contribution in [3.63, 3.8) is 0 Å². The molecule has 1 fully saturated rings. The van der Waals surface area contributed by atoms with E-state index in [-0.39, 0.29) is 11.1 Å². The van der Waals surface area contributed by atoms with Crippen LogP contribution in [-0.2, 0) is 0 Å². The zero-order chi connectivity index (χ0) is 22.5. The average Bonchev–Trinajstić information content (AvgIpc) is 2.73. The van der Waals surface area contributed by atoms with Crippen molar-refractivity contribution in [2.24, 2.45) is 5.92 Å². The van der Waals surface area contributed by atoms with E-state index in [0.29, 0.717) is 23.3 Å². The topological polar surface area (TPSA) is 72.9 Å². The molecule has 1 unspecified atom stereocenters. The van der Waals surface area contributed by atoms with Gasteiger partial charge in [-0.05, 0) is 49.6 Å². The zero-order valence-electron chi connectivity index (χ0n) is 18.3. The number of carboxylic acids is 1. The van der Waals surface area contributed by atoms with Crippen molar-refractivity contribution in [2.45, 2.75) is 33.2 Å². The lowest BCUT2D eigenvalue weighted by molar-refractivity contribution is 0.0696. The molecular formula is C24H30FN3O3. The molecule has 6 nitrogen and oxygen atoms in total. The monoisotopic (exact) mass is 427 g/mol.